The fourth-order valence-corrected chi connectivity index (χ4v) is 1.76. The van der Waals surface area contributed by atoms with Gasteiger partial charge in [0, 0.05) is 18.2 Å². The smallest absolute Gasteiger partial charge is 0.129 e. The van der Waals surface area contributed by atoms with Crippen LogP contribution >= 0.6 is 12.6 Å². The zero-order chi connectivity index (χ0) is 12.1. The minimum Gasteiger partial charge on any atom is -0.497 e. The van der Waals surface area contributed by atoms with Crippen LogP contribution in [0.1, 0.15) is 5.82 Å². The molecule has 0 spiro atoms. The fourth-order valence-electron chi connectivity index (χ4n) is 1.56. The van der Waals surface area contributed by atoms with Crippen LogP contribution in [0.4, 0.5) is 0 Å². The largest absolute Gasteiger partial charge is 0.497 e. The molecular formula is C13H14N2OS. The van der Waals surface area contributed by atoms with E-state index in [1.54, 1.807) is 13.3 Å². The van der Waals surface area contributed by atoms with E-state index >= 15 is 0 Å². The Hall–Kier alpha value is -1.55. The van der Waals surface area contributed by atoms with E-state index in [1.807, 2.05) is 30.3 Å². The van der Waals surface area contributed by atoms with Crippen molar-refractivity contribution in [2.24, 2.45) is 0 Å². The van der Waals surface area contributed by atoms with Gasteiger partial charge in [-0.25, -0.2) is 9.97 Å². The summed E-state index contributed by atoms with van der Waals surface area (Å²) in [6, 6.07) is 9.74. The number of rotatable bonds is 4. The molecule has 2 aromatic rings. The van der Waals surface area contributed by atoms with Crippen molar-refractivity contribution in [1.29, 1.82) is 0 Å². The van der Waals surface area contributed by atoms with Gasteiger partial charge in [-0.15, -0.1) is 0 Å². The van der Waals surface area contributed by atoms with Gasteiger partial charge in [0.05, 0.1) is 12.8 Å². The minimum absolute atomic E-state index is 0.752. The van der Waals surface area contributed by atoms with Gasteiger partial charge in [0.2, 0.25) is 0 Å². The van der Waals surface area contributed by atoms with Crippen LogP contribution in [0.3, 0.4) is 0 Å². The van der Waals surface area contributed by atoms with Crippen LogP contribution in [0, 0.1) is 0 Å². The third-order valence-corrected chi connectivity index (χ3v) is 2.63. The van der Waals surface area contributed by atoms with Gasteiger partial charge in [-0.2, -0.15) is 12.6 Å². The Bertz CT molecular complexity index is 502. The van der Waals surface area contributed by atoms with Crippen LogP contribution in [-0.4, -0.2) is 22.8 Å². The van der Waals surface area contributed by atoms with Gasteiger partial charge < -0.3 is 4.74 Å². The highest BCUT2D eigenvalue weighted by Gasteiger charge is 2.03. The number of aryl methyl sites for hydroxylation is 1. The third kappa shape index (κ3) is 2.97. The molecule has 1 aromatic carbocycles. The molecule has 0 aliphatic heterocycles. The van der Waals surface area contributed by atoms with Crippen molar-refractivity contribution >= 4 is 12.6 Å². The standard InChI is InChI=1S/C13H14N2OS/c1-16-11-4-2-3-10(9-11)12-5-7-14-13(15-12)6-8-17/h2-5,7,9,17H,6,8H2,1H3. The molecule has 88 valence electrons. The summed E-state index contributed by atoms with van der Waals surface area (Å²) in [7, 11) is 1.66. The van der Waals surface area contributed by atoms with Crippen molar-refractivity contribution in [2.75, 3.05) is 12.9 Å². The van der Waals surface area contributed by atoms with Gasteiger partial charge >= 0.3 is 0 Å². The second kappa shape index (κ2) is 5.68. The zero-order valence-corrected chi connectivity index (χ0v) is 10.5. The molecule has 0 fully saturated rings. The summed E-state index contributed by atoms with van der Waals surface area (Å²) in [5.74, 6) is 2.40. The minimum atomic E-state index is 0.752. The third-order valence-electron chi connectivity index (χ3n) is 2.41. The molecular weight excluding hydrogens is 232 g/mol. The summed E-state index contributed by atoms with van der Waals surface area (Å²) < 4.78 is 5.20. The Labute approximate surface area is 106 Å². The zero-order valence-electron chi connectivity index (χ0n) is 9.63. The van der Waals surface area contributed by atoms with Crippen molar-refractivity contribution in [3.05, 3.63) is 42.4 Å². The number of nitrogens with zero attached hydrogens (tertiary/aromatic N) is 2. The normalized spacial score (nSPS) is 10.2. The van der Waals surface area contributed by atoms with E-state index in [1.165, 1.54) is 0 Å². The van der Waals surface area contributed by atoms with Crippen molar-refractivity contribution < 1.29 is 4.74 Å². The van der Waals surface area contributed by atoms with Crippen LogP contribution in [0.2, 0.25) is 0 Å². The summed E-state index contributed by atoms with van der Waals surface area (Å²) in [4.78, 5) is 8.70. The van der Waals surface area contributed by atoms with Crippen molar-refractivity contribution in [2.45, 2.75) is 6.42 Å². The quantitative estimate of drug-likeness (QED) is 0.842. The Morgan fingerprint density at radius 3 is 2.94 bits per heavy atom. The molecule has 0 saturated heterocycles. The molecule has 2 rings (SSSR count). The molecule has 0 unspecified atom stereocenters. The summed E-state index contributed by atoms with van der Waals surface area (Å²) in [5, 5.41) is 0. The first-order valence-electron chi connectivity index (χ1n) is 5.40. The van der Waals surface area contributed by atoms with Gasteiger partial charge in [0.1, 0.15) is 11.6 Å². The van der Waals surface area contributed by atoms with Crippen molar-refractivity contribution in [3.63, 3.8) is 0 Å². The van der Waals surface area contributed by atoms with E-state index in [2.05, 4.69) is 22.6 Å². The highest BCUT2D eigenvalue weighted by molar-refractivity contribution is 7.80. The van der Waals surface area contributed by atoms with Gasteiger partial charge in [-0.1, -0.05) is 12.1 Å². The Kier molecular flexibility index (Phi) is 3.98. The van der Waals surface area contributed by atoms with Crippen LogP contribution in [0.5, 0.6) is 5.75 Å². The average molecular weight is 246 g/mol. The number of thiol groups is 1. The second-order valence-corrected chi connectivity index (χ2v) is 4.01. The molecule has 0 saturated carbocycles. The van der Waals surface area contributed by atoms with E-state index in [4.69, 9.17) is 4.74 Å². The maximum atomic E-state index is 5.20. The predicted molar refractivity (Wildman–Crippen MR) is 71.6 cm³/mol. The molecule has 0 radical (unpaired) electrons. The fraction of sp³-hybridized carbons (Fsp3) is 0.231. The number of hydrogen-bond donors (Lipinski definition) is 1. The maximum absolute atomic E-state index is 5.20. The van der Waals surface area contributed by atoms with Crippen molar-refractivity contribution in [3.8, 4) is 17.0 Å². The van der Waals surface area contributed by atoms with Crippen LogP contribution in [0.15, 0.2) is 36.5 Å². The molecule has 0 atom stereocenters. The number of aromatic nitrogens is 2. The van der Waals surface area contributed by atoms with Gasteiger partial charge in [-0.05, 0) is 24.0 Å². The SMILES string of the molecule is COc1cccc(-c2ccnc(CCS)n2)c1. The molecule has 0 aliphatic rings. The van der Waals surface area contributed by atoms with Gasteiger partial charge in [-0.3, -0.25) is 0 Å². The lowest BCUT2D eigenvalue weighted by Gasteiger charge is -2.05. The lowest BCUT2D eigenvalue weighted by Crippen LogP contribution is -1.97. The molecule has 1 heterocycles. The lowest BCUT2D eigenvalue weighted by atomic mass is 10.1. The first-order valence-corrected chi connectivity index (χ1v) is 6.04. The first-order chi connectivity index (χ1) is 8.33. The highest BCUT2D eigenvalue weighted by atomic mass is 32.1. The molecule has 0 bridgehead atoms. The molecule has 0 aliphatic carbocycles. The maximum Gasteiger partial charge on any atom is 0.129 e. The summed E-state index contributed by atoms with van der Waals surface area (Å²) in [5.41, 5.74) is 1.95. The van der Waals surface area contributed by atoms with Gasteiger partial charge in [0.25, 0.3) is 0 Å². The second-order valence-electron chi connectivity index (χ2n) is 3.56. The highest BCUT2D eigenvalue weighted by Crippen LogP contribution is 2.21. The van der Waals surface area contributed by atoms with Crippen molar-refractivity contribution in [1.82, 2.24) is 9.97 Å². The van der Waals surface area contributed by atoms with E-state index in [-0.39, 0.29) is 0 Å². The van der Waals surface area contributed by atoms with E-state index in [9.17, 15) is 0 Å². The molecule has 4 heteroatoms. The Morgan fingerprint density at radius 2 is 2.18 bits per heavy atom. The molecule has 1 aromatic heterocycles. The lowest BCUT2D eigenvalue weighted by molar-refractivity contribution is 0.415. The molecule has 17 heavy (non-hydrogen) atoms. The molecule has 3 nitrogen and oxygen atoms in total. The van der Waals surface area contributed by atoms with E-state index in [0.717, 1.165) is 35.0 Å². The summed E-state index contributed by atoms with van der Waals surface area (Å²) in [6.07, 6.45) is 2.56. The Morgan fingerprint density at radius 1 is 1.29 bits per heavy atom. The predicted octanol–water partition coefficient (Wildman–Crippen LogP) is 2.62. The number of ether oxygens (including phenoxy) is 1. The van der Waals surface area contributed by atoms with Crippen LogP contribution in [-0.2, 0) is 6.42 Å². The number of hydrogen-bond acceptors (Lipinski definition) is 4. The number of benzene rings is 1. The Balaban J connectivity index is 2.34. The van der Waals surface area contributed by atoms with Gasteiger partial charge in [0.15, 0.2) is 0 Å². The topological polar surface area (TPSA) is 35.0 Å². The average Bonchev–Trinajstić information content (AvgIpc) is 2.40. The number of methoxy groups -OCH3 is 1. The summed E-state index contributed by atoms with van der Waals surface area (Å²) >= 11 is 4.19. The van der Waals surface area contributed by atoms with Crippen LogP contribution in [0.25, 0.3) is 11.3 Å². The van der Waals surface area contributed by atoms with E-state index < -0.39 is 0 Å². The molecule has 0 amide bonds. The van der Waals surface area contributed by atoms with Crippen LogP contribution < -0.4 is 4.74 Å². The van der Waals surface area contributed by atoms with E-state index in [0.29, 0.717) is 0 Å². The molecule has 0 N–H and O–H groups in total. The summed E-state index contributed by atoms with van der Waals surface area (Å²) in [6.45, 7) is 0. The monoisotopic (exact) mass is 246 g/mol. The first kappa shape index (κ1) is 11.9.